The van der Waals surface area contributed by atoms with Crippen LogP contribution < -0.4 is 10.0 Å². The van der Waals surface area contributed by atoms with Gasteiger partial charge in [0, 0.05) is 26.7 Å². The first-order valence-electron chi connectivity index (χ1n) is 4.40. The van der Waals surface area contributed by atoms with E-state index in [2.05, 4.69) is 10.0 Å². The molecule has 6 heteroatoms. The zero-order chi connectivity index (χ0) is 10.3. The van der Waals surface area contributed by atoms with E-state index in [4.69, 9.17) is 0 Å². The maximum atomic E-state index is 11.4. The van der Waals surface area contributed by atoms with E-state index in [9.17, 15) is 8.42 Å². The third kappa shape index (κ3) is 5.20. The Balaban J connectivity index is 3.92. The lowest BCUT2D eigenvalue weighted by atomic mass is 10.5. The number of hydrogen-bond donors (Lipinski definition) is 2. The number of likely N-dealkylation sites (N-methyl/N-ethyl adjacent to an activating group) is 1. The smallest absolute Gasteiger partial charge is 0.279 e. The van der Waals surface area contributed by atoms with E-state index in [1.807, 2.05) is 6.92 Å². The van der Waals surface area contributed by atoms with E-state index in [-0.39, 0.29) is 0 Å². The summed E-state index contributed by atoms with van der Waals surface area (Å²) in [7, 11) is 0.105. The van der Waals surface area contributed by atoms with Gasteiger partial charge in [-0.15, -0.1) is 0 Å². The van der Waals surface area contributed by atoms with Crippen molar-refractivity contribution in [2.24, 2.45) is 0 Å². The van der Waals surface area contributed by atoms with Crippen molar-refractivity contribution < 1.29 is 8.42 Å². The van der Waals surface area contributed by atoms with Gasteiger partial charge in [-0.25, -0.2) is 4.72 Å². The molecule has 0 aliphatic rings. The van der Waals surface area contributed by atoms with Gasteiger partial charge >= 0.3 is 0 Å². The van der Waals surface area contributed by atoms with Crippen LogP contribution in [0.25, 0.3) is 0 Å². The van der Waals surface area contributed by atoms with Gasteiger partial charge in [0.2, 0.25) is 0 Å². The van der Waals surface area contributed by atoms with Crippen LogP contribution in [0, 0.1) is 0 Å². The van der Waals surface area contributed by atoms with E-state index >= 15 is 0 Å². The molecule has 0 rings (SSSR count). The molecule has 13 heavy (non-hydrogen) atoms. The van der Waals surface area contributed by atoms with Gasteiger partial charge in [-0.1, -0.05) is 6.92 Å². The molecule has 0 amide bonds. The van der Waals surface area contributed by atoms with Crippen molar-refractivity contribution in [2.45, 2.75) is 13.3 Å². The summed E-state index contributed by atoms with van der Waals surface area (Å²) in [5.41, 5.74) is 0. The van der Waals surface area contributed by atoms with Crippen LogP contribution in [-0.4, -0.2) is 46.5 Å². The van der Waals surface area contributed by atoms with E-state index < -0.39 is 10.2 Å². The van der Waals surface area contributed by atoms with Crippen molar-refractivity contribution in [3.8, 4) is 0 Å². The molecule has 0 aliphatic carbocycles. The summed E-state index contributed by atoms with van der Waals surface area (Å²) in [6.45, 7) is 3.56. The van der Waals surface area contributed by atoms with Gasteiger partial charge in [-0.05, 0) is 13.5 Å². The number of nitrogens with one attached hydrogen (secondary N) is 2. The van der Waals surface area contributed by atoms with Crippen LogP contribution in [0.3, 0.4) is 0 Å². The fourth-order valence-corrected chi connectivity index (χ4v) is 1.85. The molecule has 2 N–H and O–H groups in total. The zero-order valence-corrected chi connectivity index (χ0v) is 9.32. The maximum Gasteiger partial charge on any atom is 0.279 e. The Kier molecular flexibility index (Phi) is 6.23. The maximum absolute atomic E-state index is 11.4. The van der Waals surface area contributed by atoms with Crippen molar-refractivity contribution >= 4 is 10.2 Å². The molecule has 0 bridgehead atoms. The summed E-state index contributed by atoms with van der Waals surface area (Å²) in [4.78, 5) is 0. The highest BCUT2D eigenvalue weighted by Gasteiger charge is 2.14. The van der Waals surface area contributed by atoms with Crippen LogP contribution >= 0.6 is 0 Å². The number of nitrogens with zero attached hydrogens (tertiary/aromatic N) is 1. The fraction of sp³-hybridized carbons (Fsp3) is 1.00. The quantitative estimate of drug-likeness (QED) is 0.549. The first kappa shape index (κ1) is 12.8. The Morgan fingerprint density at radius 3 is 2.38 bits per heavy atom. The summed E-state index contributed by atoms with van der Waals surface area (Å²) in [6, 6.07) is 0. The van der Waals surface area contributed by atoms with Gasteiger partial charge in [0.15, 0.2) is 0 Å². The summed E-state index contributed by atoms with van der Waals surface area (Å²) in [6.07, 6.45) is 0.823. The van der Waals surface area contributed by atoms with Crippen LogP contribution in [0.5, 0.6) is 0 Å². The molecule has 0 heterocycles. The average molecular weight is 209 g/mol. The SMILES string of the molecule is CCCN(C)S(=O)(=O)NCCNC. The van der Waals surface area contributed by atoms with Crippen LogP contribution in [0.2, 0.25) is 0 Å². The molecule has 0 radical (unpaired) electrons. The predicted molar refractivity (Wildman–Crippen MR) is 53.8 cm³/mol. The summed E-state index contributed by atoms with van der Waals surface area (Å²) in [5, 5.41) is 2.87. The van der Waals surface area contributed by atoms with Crippen LogP contribution in [-0.2, 0) is 10.2 Å². The van der Waals surface area contributed by atoms with Crippen molar-refractivity contribution in [3.05, 3.63) is 0 Å². The largest absolute Gasteiger partial charge is 0.318 e. The molecule has 80 valence electrons. The molecule has 0 aromatic carbocycles. The normalized spacial score (nSPS) is 12.3. The Labute approximate surface area is 80.7 Å². The summed E-state index contributed by atoms with van der Waals surface area (Å²) in [5.74, 6) is 0. The molecule has 5 nitrogen and oxygen atoms in total. The van der Waals surface area contributed by atoms with Crippen LogP contribution in [0.4, 0.5) is 0 Å². The average Bonchev–Trinajstić information content (AvgIpc) is 2.05. The first-order valence-corrected chi connectivity index (χ1v) is 5.84. The highest BCUT2D eigenvalue weighted by atomic mass is 32.2. The van der Waals surface area contributed by atoms with E-state index in [0.29, 0.717) is 19.6 Å². The van der Waals surface area contributed by atoms with Gasteiger partial charge in [0.1, 0.15) is 0 Å². The van der Waals surface area contributed by atoms with E-state index in [1.165, 1.54) is 4.31 Å². The molecule has 0 saturated carbocycles. The van der Waals surface area contributed by atoms with Gasteiger partial charge in [-0.3, -0.25) is 0 Å². The fourth-order valence-electron chi connectivity index (χ4n) is 0.850. The Bertz CT molecular complexity index is 216. The Morgan fingerprint density at radius 2 is 1.92 bits per heavy atom. The van der Waals surface area contributed by atoms with E-state index in [0.717, 1.165) is 6.42 Å². The molecule has 0 unspecified atom stereocenters. The third-order valence-electron chi connectivity index (χ3n) is 1.61. The highest BCUT2D eigenvalue weighted by molar-refractivity contribution is 7.87. The van der Waals surface area contributed by atoms with Crippen LogP contribution in [0.1, 0.15) is 13.3 Å². The summed E-state index contributed by atoms with van der Waals surface area (Å²) >= 11 is 0. The second-order valence-corrected chi connectivity index (χ2v) is 4.69. The molecule has 0 aliphatic heterocycles. The zero-order valence-electron chi connectivity index (χ0n) is 8.50. The monoisotopic (exact) mass is 209 g/mol. The molecule has 0 spiro atoms. The summed E-state index contributed by atoms with van der Waals surface area (Å²) < 4.78 is 26.6. The lowest BCUT2D eigenvalue weighted by Gasteiger charge is -2.16. The molecular weight excluding hydrogens is 190 g/mol. The minimum Gasteiger partial charge on any atom is -0.318 e. The van der Waals surface area contributed by atoms with Crippen molar-refractivity contribution in [2.75, 3.05) is 33.7 Å². The predicted octanol–water partition coefficient (Wildman–Crippen LogP) is -0.618. The standard InChI is InChI=1S/C7H19N3O2S/c1-4-7-10(3)13(11,12)9-6-5-8-2/h8-9H,4-7H2,1-3H3. The Hall–Kier alpha value is -0.170. The molecule has 0 aromatic rings. The molecule has 0 fully saturated rings. The second kappa shape index (κ2) is 6.31. The van der Waals surface area contributed by atoms with Crippen molar-refractivity contribution in [1.82, 2.24) is 14.3 Å². The van der Waals surface area contributed by atoms with Gasteiger partial charge < -0.3 is 5.32 Å². The van der Waals surface area contributed by atoms with Crippen molar-refractivity contribution in [3.63, 3.8) is 0 Å². The first-order chi connectivity index (χ1) is 6.04. The topological polar surface area (TPSA) is 61.4 Å². The van der Waals surface area contributed by atoms with Crippen LogP contribution in [0.15, 0.2) is 0 Å². The minimum atomic E-state index is -3.25. The van der Waals surface area contributed by atoms with Crippen molar-refractivity contribution in [1.29, 1.82) is 0 Å². The Morgan fingerprint density at radius 1 is 1.31 bits per heavy atom. The molecular formula is C7H19N3O2S. The molecule has 0 atom stereocenters. The lowest BCUT2D eigenvalue weighted by Crippen LogP contribution is -2.40. The van der Waals surface area contributed by atoms with Gasteiger partial charge in [0.25, 0.3) is 10.2 Å². The highest BCUT2D eigenvalue weighted by Crippen LogP contribution is 1.93. The van der Waals surface area contributed by atoms with Gasteiger partial charge in [0.05, 0.1) is 0 Å². The lowest BCUT2D eigenvalue weighted by molar-refractivity contribution is 0.457. The number of rotatable bonds is 7. The van der Waals surface area contributed by atoms with E-state index in [1.54, 1.807) is 14.1 Å². The second-order valence-electron chi connectivity index (χ2n) is 2.82. The molecule has 0 aromatic heterocycles. The van der Waals surface area contributed by atoms with Gasteiger partial charge in [-0.2, -0.15) is 12.7 Å². The third-order valence-corrected chi connectivity index (χ3v) is 3.18. The molecule has 0 saturated heterocycles. The minimum absolute atomic E-state index is 0.423. The number of hydrogen-bond acceptors (Lipinski definition) is 3.